The maximum absolute atomic E-state index is 13.3. The minimum absolute atomic E-state index is 0.0899. The van der Waals surface area contributed by atoms with Gasteiger partial charge in [-0.25, -0.2) is 8.78 Å². The Labute approximate surface area is 118 Å². The van der Waals surface area contributed by atoms with E-state index in [2.05, 4.69) is 4.90 Å². The fourth-order valence-corrected chi connectivity index (χ4v) is 2.75. The van der Waals surface area contributed by atoms with Crippen molar-refractivity contribution in [2.24, 2.45) is 11.7 Å². The molecule has 1 aliphatic rings. The van der Waals surface area contributed by atoms with Crippen molar-refractivity contribution < 1.29 is 13.5 Å². The first kappa shape index (κ1) is 15.4. The Morgan fingerprint density at radius 1 is 1.30 bits per heavy atom. The molecule has 1 fully saturated rings. The number of rotatable bonds is 5. The van der Waals surface area contributed by atoms with Gasteiger partial charge in [0.1, 0.15) is 0 Å². The summed E-state index contributed by atoms with van der Waals surface area (Å²) in [5.74, 6) is -1.06. The monoisotopic (exact) mass is 284 g/mol. The smallest absolute Gasteiger partial charge is 0.159 e. The van der Waals surface area contributed by atoms with Crippen molar-refractivity contribution in [2.75, 3.05) is 33.4 Å². The van der Waals surface area contributed by atoms with Gasteiger partial charge in [-0.05, 0) is 43.5 Å². The molecule has 0 aromatic heterocycles. The number of hydrogen-bond acceptors (Lipinski definition) is 3. The van der Waals surface area contributed by atoms with Crippen molar-refractivity contribution in [3.8, 4) is 0 Å². The van der Waals surface area contributed by atoms with Gasteiger partial charge in [0, 0.05) is 32.3 Å². The molecule has 1 unspecified atom stereocenters. The molecule has 0 aliphatic carbocycles. The van der Waals surface area contributed by atoms with Gasteiger partial charge in [0.25, 0.3) is 0 Å². The van der Waals surface area contributed by atoms with E-state index in [9.17, 15) is 8.78 Å². The van der Waals surface area contributed by atoms with Crippen molar-refractivity contribution in [1.82, 2.24) is 4.90 Å². The molecule has 0 radical (unpaired) electrons. The Morgan fingerprint density at radius 3 is 2.60 bits per heavy atom. The SMILES string of the molecule is CN(CC1CCOCC1)C(CN)c1ccc(F)c(F)c1. The van der Waals surface area contributed by atoms with E-state index < -0.39 is 11.6 Å². The highest BCUT2D eigenvalue weighted by Gasteiger charge is 2.22. The predicted molar refractivity (Wildman–Crippen MR) is 74.3 cm³/mol. The zero-order valence-corrected chi connectivity index (χ0v) is 11.8. The van der Waals surface area contributed by atoms with Crippen LogP contribution in [0.1, 0.15) is 24.4 Å². The molecule has 1 saturated heterocycles. The van der Waals surface area contributed by atoms with Gasteiger partial charge in [-0.15, -0.1) is 0 Å². The van der Waals surface area contributed by atoms with Gasteiger partial charge in [-0.1, -0.05) is 6.07 Å². The summed E-state index contributed by atoms with van der Waals surface area (Å²) in [5, 5.41) is 0. The van der Waals surface area contributed by atoms with Crippen LogP contribution < -0.4 is 5.73 Å². The average molecular weight is 284 g/mol. The van der Waals surface area contributed by atoms with Crippen LogP contribution in [0.15, 0.2) is 18.2 Å². The van der Waals surface area contributed by atoms with Crippen LogP contribution in [0.3, 0.4) is 0 Å². The summed E-state index contributed by atoms with van der Waals surface area (Å²) in [6.45, 7) is 2.88. The number of nitrogens with zero attached hydrogens (tertiary/aromatic N) is 1. The molecule has 2 N–H and O–H groups in total. The fourth-order valence-electron chi connectivity index (χ4n) is 2.75. The van der Waals surface area contributed by atoms with Crippen LogP contribution in [0.4, 0.5) is 8.78 Å². The largest absolute Gasteiger partial charge is 0.381 e. The van der Waals surface area contributed by atoms with Gasteiger partial charge in [0.2, 0.25) is 0 Å². The highest BCUT2D eigenvalue weighted by atomic mass is 19.2. The van der Waals surface area contributed by atoms with Crippen LogP contribution in [0.2, 0.25) is 0 Å². The van der Waals surface area contributed by atoms with E-state index >= 15 is 0 Å². The molecule has 1 aromatic rings. The third kappa shape index (κ3) is 3.75. The summed E-state index contributed by atoms with van der Waals surface area (Å²) >= 11 is 0. The molecule has 112 valence electrons. The molecular formula is C15H22F2N2O. The van der Waals surface area contributed by atoms with Gasteiger partial charge < -0.3 is 10.5 Å². The highest BCUT2D eigenvalue weighted by Crippen LogP contribution is 2.24. The minimum Gasteiger partial charge on any atom is -0.381 e. The zero-order valence-electron chi connectivity index (χ0n) is 11.8. The van der Waals surface area contributed by atoms with Crippen molar-refractivity contribution in [2.45, 2.75) is 18.9 Å². The van der Waals surface area contributed by atoms with E-state index in [1.165, 1.54) is 6.07 Å². The van der Waals surface area contributed by atoms with Crippen LogP contribution in [0, 0.1) is 17.6 Å². The quantitative estimate of drug-likeness (QED) is 0.902. The molecule has 0 bridgehead atoms. The summed E-state index contributed by atoms with van der Waals surface area (Å²) < 4.78 is 31.7. The molecule has 2 rings (SSSR count). The maximum Gasteiger partial charge on any atom is 0.159 e. The number of likely N-dealkylation sites (N-methyl/N-ethyl adjacent to an activating group) is 1. The standard InChI is InChI=1S/C15H22F2N2O/c1-19(10-11-4-6-20-7-5-11)15(9-18)12-2-3-13(16)14(17)8-12/h2-3,8,11,15H,4-7,9-10,18H2,1H3. The van der Waals surface area contributed by atoms with Crippen molar-refractivity contribution in [3.05, 3.63) is 35.4 Å². The van der Waals surface area contributed by atoms with Crippen LogP contribution in [-0.2, 0) is 4.74 Å². The molecule has 1 heterocycles. The van der Waals surface area contributed by atoms with Crippen molar-refractivity contribution in [1.29, 1.82) is 0 Å². The van der Waals surface area contributed by atoms with Crippen LogP contribution in [-0.4, -0.2) is 38.3 Å². The minimum atomic E-state index is -0.823. The lowest BCUT2D eigenvalue weighted by atomic mass is 9.97. The molecule has 5 heteroatoms. The Balaban J connectivity index is 2.03. The van der Waals surface area contributed by atoms with E-state index in [-0.39, 0.29) is 6.04 Å². The zero-order chi connectivity index (χ0) is 14.5. The molecular weight excluding hydrogens is 262 g/mol. The third-order valence-electron chi connectivity index (χ3n) is 3.97. The van der Waals surface area contributed by atoms with E-state index in [0.717, 1.165) is 44.2 Å². The van der Waals surface area contributed by atoms with E-state index in [4.69, 9.17) is 10.5 Å². The lowest BCUT2D eigenvalue weighted by molar-refractivity contribution is 0.0507. The maximum atomic E-state index is 13.3. The van der Waals surface area contributed by atoms with Gasteiger partial charge in [-0.2, -0.15) is 0 Å². The van der Waals surface area contributed by atoms with Crippen LogP contribution in [0.25, 0.3) is 0 Å². The third-order valence-corrected chi connectivity index (χ3v) is 3.97. The first-order valence-electron chi connectivity index (χ1n) is 7.04. The Morgan fingerprint density at radius 2 is 2.00 bits per heavy atom. The summed E-state index contributed by atoms with van der Waals surface area (Å²) in [4.78, 5) is 2.13. The second-order valence-corrected chi connectivity index (χ2v) is 5.42. The van der Waals surface area contributed by atoms with Crippen molar-refractivity contribution in [3.63, 3.8) is 0 Å². The van der Waals surface area contributed by atoms with Gasteiger partial charge in [0.05, 0.1) is 0 Å². The molecule has 0 spiro atoms. The number of hydrogen-bond donors (Lipinski definition) is 1. The molecule has 1 aromatic carbocycles. The lowest BCUT2D eigenvalue weighted by Gasteiger charge is -2.32. The molecule has 1 atom stereocenters. The second-order valence-electron chi connectivity index (χ2n) is 5.42. The Bertz CT molecular complexity index is 436. The number of benzene rings is 1. The summed E-state index contributed by atoms with van der Waals surface area (Å²) in [5.41, 5.74) is 6.54. The molecule has 1 aliphatic heterocycles. The van der Waals surface area contributed by atoms with E-state index in [0.29, 0.717) is 12.5 Å². The first-order chi connectivity index (χ1) is 9.61. The molecule has 20 heavy (non-hydrogen) atoms. The number of nitrogens with two attached hydrogens (primary N) is 1. The fraction of sp³-hybridized carbons (Fsp3) is 0.600. The molecule has 3 nitrogen and oxygen atoms in total. The normalized spacial score (nSPS) is 18.4. The topological polar surface area (TPSA) is 38.5 Å². The first-order valence-corrected chi connectivity index (χ1v) is 7.04. The molecule has 0 amide bonds. The predicted octanol–water partition coefficient (Wildman–Crippen LogP) is 2.32. The Kier molecular flexibility index (Phi) is 5.46. The number of ether oxygens (including phenoxy) is 1. The van der Waals surface area contributed by atoms with E-state index in [1.807, 2.05) is 7.05 Å². The van der Waals surface area contributed by atoms with Crippen molar-refractivity contribution >= 4 is 0 Å². The number of halogens is 2. The van der Waals surface area contributed by atoms with Gasteiger partial charge >= 0.3 is 0 Å². The van der Waals surface area contributed by atoms with Crippen LogP contribution >= 0.6 is 0 Å². The summed E-state index contributed by atoms with van der Waals surface area (Å²) in [6.07, 6.45) is 2.08. The van der Waals surface area contributed by atoms with Gasteiger partial charge in [-0.3, -0.25) is 4.90 Å². The van der Waals surface area contributed by atoms with E-state index in [1.54, 1.807) is 6.07 Å². The Hall–Kier alpha value is -1.04. The van der Waals surface area contributed by atoms with Crippen LogP contribution in [0.5, 0.6) is 0 Å². The molecule has 0 saturated carbocycles. The average Bonchev–Trinajstić information content (AvgIpc) is 2.44. The summed E-state index contributed by atoms with van der Waals surface area (Å²) in [6, 6.07) is 3.92. The summed E-state index contributed by atoms with van der Waals surface area (Å²) in [7, 11) is 1.98. The lowest BCUT2D eigenvalue weighted by Crippen LogP contribution is -2.36. The van der Waals surface area contributed by atoms with Gasteiger partial charge in [0.15, 0.2) is 11.6 Å². The highest BCUT2D eigenvalue weighted by molar-refractivity contribution is 5.21. The second kappa shape index (κ2) is 7.11.